The van der Waals surface area contributed by atoms with E-state index in [9.17, 15) is 0 Å². The molecule has 0 atom stereocenters. The summed E-state index contributed by atoms with van der Waals surface area (Å²) in [6.45, 7) is 0. The Balaban J connectivity index is 0.000000605. The van der Waals surface area contributed by atoms with E-state index in [0.29, 0.717) is 0 Å². The minimum absolute atomic E-state index is 0. The van der Waals surface area contributed by atoms with E-state index in [1.807, 2.05) is 30.3 Å². The molecule has 0 bridgehead atoms. The van der Waals surface area contributed by atoms with Crippen LogP contribution in [0, 0.1) is 0 Å². The zero-order chi connectivity index (χ0) is 6.81. The van der Waals surface area contributed by atoms with Crippen LogP contribution in [-0.4, -0.2) is 0 Å². The van der Waals surface area contributed by atoms with Crippen LogP contribution in [0.1, 0.15) is 5.56 Å². The van der Waals surface area contributed by atoms with E-state index in [-0.39, 0.29) is 6.15 Å². The summed E-state index contributed by atoms with van der Waals surface area (Å²) in [5, 5.41) is 0. The Bertz CT molecular complexity index is 271. The highest BCUT2D eigenvalue weighted by Crippen LogP contribution is 2.20. The Morgan fingerprint density at radius 1 is 1.18 bits per heavy atom. The van der Waals surface area contributed by atoms with E-state index >= 15 is 0 Å². The smallest absolute Gasteiger partial charge is 0.162 e. The van der Waals surface area contributed by atoms with Crippen molar-refractivity contribution in [1.82, 2.24) is 11.6 Å². The molecule has 3 radical (unpaired) electrons. The van der Waals surface area contributed by atoms with Gasteiger partial charge < -0.3 is 4.84 Å². The summed E-state index contributed by atoms with van der Waals surface area (Å²) in [5.74, 6) is 0.880. The molecule has 1 aliphatic heterocycles. The number of hydrogen-bond donors (Lipinski definition) is 1. The van der Waals surface area contributed by atoms with Crippen LogP contribution in [0.5, 0.6) is 5.75 Å². The van der Waals surface area contributed by atoms with Gasteiger partial charge >= 0.3 is 0 Å². The molecule has 1 N–H and O–H groups in total. The lowest BCUT2D eigenvalue weighted by Crippen LogP contribution is -2.13. The number of para-hydroxylation sites is 1. The van der Waals surface area contributed by atoms with Gasteiger partial charge in [-0.25, -0.2) is 5.48 Å². The SMILES string of the molecule is C1=Cc2ccccc2ON1.[N]. The first kappa shape index (κ1) is 7.63. The molecule has 2 rings (SSSR count). The number of nitrogens with one attached hydrogen (secondary N) is 1. The van der Waals surface area contributed by atoms with Crippen molar-refractivity contribution < 1.29 is 4.84 Å². The van der Waals surface area contributed by atoms with Gasteiger partial charge in [-0.3, -0.25) is 0 Å². The lowest BCUT2D eigenvalue weighted by Gasteiger charge is -2.11. The van der Waals surface area contributed by atoms with Gasteiger partial charge in [0.1, 0.15) is 0 Å². The van der Waals surface area contributed by atoms with Gasteiger partial charge in [0.25, 0.3) is 0 Å². The van der Waals surface area contributed by atoms with Crippen molar-refractivity contribution in [2.75, 3.05) is 0 Å². The molecule has 0 unspecified atom stereocenters. The molecular weight excluding hydrogens is 140 g/mol. The first-order valence-electron chi connectivity index (χ1n) is 3.15. The van der Waals surface area contributed by atoms with Crippen molar-refractivity contribution in [3.05, 3.63) is 36.0 Å². The molecule has 1 aliphatic rings. The van der Waals surface area contributed by atoms with E-state index in [1.165, 1.54) is 0 Å². The topological polar surface area (TPSA) is 51.8 Å². The van der Waals surface area contributed by atoms with Crippen LogP contribution in [0.4, 0.5) is 0 Å². The number of rotatable bonds is 0. The lowest BCUT2D eigenvalue weighted by atomic mass is 10.2. The first-order chi connectivity index (χ1) is 4.97. The van der Waals surface area contributed by atoms with Gasteiger partial charge in [0.05, 0.1) is 0 Å². The Morgan fingerprint density at radius 2 is 2.00 bits per heavy atom. The third kappa shape index (κ3) is 1.33. The van der Waals surface area contributed by atoms with Crippen LogP contribution in [0.2, 0.25) is 0 Å². The largest absolute Gasteiger partial charge is 0.382 e. The minimum Gasteiger partial charge on any atom is -0.382 e. The standard InChI is InChI=1S/C8H7NO.N/c1-2-4-8-7(3-1)5-6-9-10-8;/h1-6,9H;. The van der Waals surface area contributed by atoms with Crippen molar-refractivity contribution in [3.63, 3.8) is 0 Å². The fourth-order valence-corrected chi connectivity index (χ4v) is 0.932. The van der Waals surface area contributed by atoms with E-state index in [4.69, 9.17) is 4.84 Å². The molecule has 0 saturated heterocycles. The molecule has 0 saturated carbocycles. The summed E-state index contributed by atoms with van der Waals surface area (Å²) >= 11 is 0. The van der Waals surface area contributed by atoms with Crippen LogP contribution in [0.15, 0.2) is 30.5 Å². The maximum absolute atomic E-state index is 5.09. The summed E-state index contributed by atoms with van der Waals surface area (Å²) in [6.07, 6.45) is 3.74. The summed E-state index contributed by atoms with van der Waals surface area (Å²) in [6, 6.07) is 7.86. The molecule has 3 nitrogen and oxygen atoms in total. The van der Waals surface area contributed by atoms with E-state index in [0.717, 1.165) is 11.3 Å². The highest BCUT2D eigenvalue weighted by molar-refractivity contribution is 5.57. The van der Waals surface area contributed by atoms with E-state index in [2.05, 4.69) is 5.48 Å². The summed E-state index contributed by atoms with van der Waals surface area (Å²) < 4.78 is 0. The molecule has 11 heavy (non-hydrogen) atoms. The Morgan fingerprint density at radius 3 is 2.82 bits per heavy atom. The second-order valence-electron chi connectivity index (χ2n) is 2.09. The highest BCUT2D eigenvalue weighted by atomic mass is 16.6. The van der Waals surface area contributed by atoms with Gasteiger partial charge in [-0.2, -0.15) is 0 Å². The molecule has 1 aromatic rings. The van der Waals surface area contributed by atoms with Crippen LogP contribution >= 0.6 is 0 Å². The molecule has 0 amide bonds. The molecule has 1 heterocycles. The third-order valence-electron chi connectivity index (χ3n) is 1.42. The molecule has 1 aromatic carbocycles. The van der Waals surface area contributed by atoms with E-state index in [1.54, 1.807) is 6.20 Å². The molecule has 0 aliphatic carbocycles. The number of fused-ring (bicyclic) bond motifs is 1. The molecule has 55 valence electrons. The normalized spacial score (nSPS) is 12.0. The third-order valence-corrected chi connectivity index (χ3v) is 1.42. The molecule has 0 aromatic heterocycles. The lowest BCUT2D eigenvalue weighted by molar-refractivity contribution is 0.239. The number of hydroxylamine groups is 1. The maximum atomic E-state index is 5.09. The second kappa shape index (κ2) is 3.07. The first-order valence-corrected chi connectivity index (χ1v) is 3.15. The second-order valence-corrected chi connectivity index (χ2v) is 2.09. The average Bonchev–Trinajstić information content (AvgIpc) is 2.05. The number of nitrogens with zero attached hydrogens (tertiary/aromatic N) is 1. The zero-order valence-electron chi connectivity index (χ0n) is 5.82. The molecular formula is C8H7N2O. The highest BCUT2D eigenvalue weighted by Gasteiger charge is 2.01. The summed E-state index contributed by atoms with van der Waals surface area (Å²) in [7, 11) is 0. The summed E-state index contributed by atoms with van der Waals surface area (Å²) in [4.78, 5) is 5.09. The quantitative estimate of drug-likeness (QED) is 0.596. The van der Waals surface area contributed by atoms with Gasteiger partial charge in [0.2, 0.25) is 0 Å². The van der Waals surface area contributed by atoms with E-state index < -0.39 is 0 Å². The van der Waals surface area contributed by atoms with Gasteiger partial charge in [-0.1, -0.05) is 18.2 Å². The van der Waals surface area contributed by atoms with Crippen molar-refractivity contribution in [3.8, 4) is 5.75 Å². The van der Waals surface area contributed by atoms with Crippen molar-refractivity contribution in [1.29, 1.82) is 0 Å². The van der Waals surface area contributed by atoms with Gasteiger partial charge in [0, 0.05) is 17.9 Å². The number of hydrogen-bond acceptors (Lipinski definition) is 2. The monoisotopic (exact) mass is 147 g/mol. The van der Waals surface area contributed by atoms with Gasteiger partial charge in [0.15, 0.2) is 5.75 Å². The molecule has 0 spiro atoms. The van der Waals surface area contributed by atoms with Gasteiger partial charge in [-0.05, 0) is 12.1 Å². The Labute approximate surface area is 65.2 Å². The van der Waals surface area contributed by atoms with Crippen LogP contribution < -0.4 is 16.5 Å². The average molecular weight is 147 g/mol. The summed E-state index contributed by atoms with van der Waals surface area (Å²) in [5.41, 5.74) is 3.77. The predicted octanol–water partition coefficient (Wildman–Crippen LogP) is 1.07. The Kier molecular flexibility index (Phi) is 2.13. The molecule has 3 heteroatoms. The zero-order valence-corrected chi connectivity index (χ0v) is 5.82. The number of benzene rings is 1. The van der Waals surface area contributed by atoms with Crippen LogP contribution in [-0.2, 0) is 0 Å². The van der Waals surface area contributed by atoms with Crippen LogP contribution in [0.3, 0.4) is 0 Å². The van der Waals surface area contributed by atoms with Crippen molar-refractivity contribution >= 4 is 6.08 Å². The Hall–Kier alpha value is -1.48. The predicted molar refractivity (Wildman–Crippen MR) is 41.4 cm³/mol. The molecule has 0 fully saturated rings. The van der Waals surface area contributed by atoms with Crippen LogP contribution in [0.25, 0.3) is 6.08 Å². The maximum Gasteiger partial charge on any atom is 0.162 e. The fourth-order valence-electron chi connectivity index (χ4n) is 0.932. The fraction of sp³-hybridized carbons (Fsp3) is 0. The van der Waals surface area contributed by atoms with Gasteiger partial charge in [-0.15, -0.1) is 0 Å². The minimum atomic E-state index is 0. The van der Waals surface area contributed by atoms with Crippen molar-refractivity contribution in [2.24, 2.45) is 0 Å². The van der Waals surface area contributed by atoms with Crippen molar-refractivity contribution in [2.45, 2.75) is 0 Å².